The fourth-order valence-electron chi connectivity index (χ4n) is 0.958. The van der Waals surface area contributed by atoms with Crippen LogP contribution in [-0.4, -0.2) is 16.4 Å². The van der Waals surface area contributed by atoms with Gasteiger partial charge >= 0.3 is 12.8 Å². The molecule has 0 saturated carbocycles. The van der Waals surface area contributed by atoms with Gasteiger partial charge in [0.15, 0.2) is 5.69 Å². The Balaban J connectivity index is 3.15. The molecule has 0 spiro atoms. The van der Waals surface area contributed by atoms with Gasteiger partial charge in [0.05, 0.1) is 0 Å². The van der Waals surface area contributed by atoms with E-state index in [4.69, 9.17) is 5.73 Å². The third-order valence-corrected chi connectivity index (χ3v) is 1.50. The monoisotopic (exact) mass is 231 g/mol. The number of nitrogens with zero attached hydrogens (tertiary/aromatic N) is 2. The summed E-state index contributed by atoms with van der Waals surface area (Å²) in [7, 11) is 1.02. The van der Waals surface area contributed by atoms with Crippen LogP contribution < -0.4 is 10.5 Å². The lowest BCUT2D eigenvalue weighted by Crippen LogP contribution is -2.09. The van der Waals surface area contributed by atoms with Gasteiger partial charge in [-0.05, 0) is 0 Å². The summed E-state index contributed by atoms with van der Waals surface area (Å²) in [6, 6.07) is 0. The second kappa shape index (κ2) is 3.55. The van der Waals surface area contributed by atoms with Gasteiger partial charge in [-0.25, -0.2) is 4.68 Å². The van der Waals surface area contributed by atoms with Gasteiger partial charge in [-0.2, -0.15) is 27.1 Å². The zero-order valence-corrected chi connectivity index (χ0v) is 7.35. The van der Waals surface area contributed by atoms with Gasteiger partial charge in [0.2, 0.25) is 5.88 Å². The Morgan fingerprint density at radius 2 is 1.93 bits per heavy atom. The van der Waals surface area contributed by atoms with Crippen molar-refractivity contribution in [3.05, 3.63) is 5.69 Å². The van der Waals surface area contributed by atoms with Crippen LogP contribution in [0.25, 0.3) is 0 Å². The number of nitrogen functional groups attached to an aromatic ring is 1. The lowest BCUT2D eigenvalue weighted by molar-refractivity contribution is -0.140. The van der Waals surface area contributed by atoms with Gasteiger partial charge in [-0.15, -0.1) is 0 Å². The number of aryl methyl sites for hydroxylation is 1. The standard InChI is InChI=1S/C6H6F5N3O/c1-14-4(15-5(7)8)2(12)3(13-14)6(9,10)11/h5H,12H2,1H3. The lowest BCUT2D eigenvalue weighted by Gasteiger charge is -2.05. The second-order valence-electron chi connectivity index (χ2n) is 2.57. The Hall–Kier alpha value is -1.54. The summed E-state index contributed by atoms with van der Waals surface area (Å²) in [6.07, 6.45) is -4.80. The predicted octanol–water partition coefficient (Wildman–Crippen LogP) is 1.62. The van der Waals surface area contributed by atoms with Crippen molar-refractivity contribution < 1.29 is 26.7 Å². The molecule has 0 aliphatic heterocycles. The summed E-state index contributed by atoms with van der Waals surface area (Å²) in [4.78, 5) is 0. The van der Waals surface area contributed by atoms with Gasteiger partial charge < -0.3 is 10.5 Å². The van der Waals surface area contributed by atoms with Crippen LogP contribution in [0.4, 0.5) is 27.6 Å². The van der Waals surface area contributed by atoms with Crippen molar-refractivity contribution in [1.29, 1.82) is 0 Å². The number of rotatable bonds is 2. The summed E-state index contributed by atoms with van der Waals surface area (Å²) in [6.45, 7) is -3.26. The molecule has 15 heavy (non-hydrogen) atoms. The number of hydrogen-bond acceptors (Lipinski definition) is 3. The molecule has 0 amide bonds. The molecule has 4 nitrogen and oxygen atoms in total. The molecule has 0 bridgehead atoms. The van der Waals surface area contributed by atoms with Crippen molar-refractivity contribution in [3.8, 4) is 5.88 Å². The number of anilines is 1. The Morgan fingerprint density at radius 1 is 1.40 bits per heavy atom. The number of aromatic nitrogens is 2. The molecule has 0 unspecified atom stereocenters. The molecule has 0 aliphatic rings. The normalized spacial score (nSPS) is 12.2. The van der Waals surface area contributed by atoms with Crippen LogP contribution >= 0.6 is 0 Å². The zero-order valence-electron chi connectivity index (χ0n) is 7.35. The molecule has 0 radical (unpaired) electrons. The molecule has 1 rings (SSSR count). The highest BCUT2D eigenvalue weighted by atomic mass is 19.4. The minimum atomic E-state index is -4.80. The summed E-state index contributed by atoms with van der Waals surface area (Å²) in [5.74, 6) is -0.808. The molecular formula is C6H6F5N3O. The average Bonchev–Trinajstić information content (AvgIpc) is 2.30. The van der Waals surface area contributed by atoms with Gasteiger partial charge in [0.25, 0.3) is 0 Å². The smallest absolute Gasteiger partial charge is 0.415 e. The highest BCUT2D eigenvalue weighted by molar-refractivity contribution is 5.54. The number of alkyl halides is 5. The molecule has 1 heterocycles. The molecule has 1 aromatic rings. The van der Waals surface area contributed by atoms with Crippen LogP contribution in [0.5, 0.6) is 5.88 Å². The quantitative estimate of drug-likeness (QED) is 0.787. The fraction of sp³-hybridized carbons (Fsp3) is 0.500. The molecule has 0 aliphatic carbocycles. The number of hydrogen-bond donors (Lipinski definition) is 1. The first kappa shape index (κ1) is 11.5. The van der Waals surface area contributed by atoms with E-state index in [1.807, 2.05) is 0 Å². The van der Waals surface area contributed by atoms with E-state index in [-0.39, 0.29) is 0 Å². The Bertz CT molecular complexity index is 358. The third kappa shape index (κ3) is 2.28. The number of halogens is 5. The molecule has 1 aromatic heterocycles. The van der Waals surface area contributed by atoms with E-state index < -0.39 is 30.0 Å². The highest BCUT2D eigenvalue weighted by Gasteiger charge is 2.39. The Labute approximate surface area is 80.4 Å². The fourth-order valence-corrected chi connectivity index (χ4v) is 0.958. The van der Waals surface area contributed by atoms with Crippen molar-refractivity contribution in [2.75, 3.05) is 5.73 Å². The van der Waals surface area contributed by atoms with Gasteiger partial charge in [0, 0.05) is 7.05 Å². The molecule has 86 valence electrons. The minimum absolute atomic E-state index is 0.504. The van der Waals surface area contributed by atoms with Crippen molar-refractivity contribution in [3.63, 3.8) is 0 Å². The van der Waals surface area contributed by atoms with Crippen LogP contribution in [-0.2, 0) is 13.2 Å². The second-order valence-corrected chi connectivity index (χ2v) is 2.57. The summed E-state index contributed by atoms with van der Waals surface area (Å²) in [5, 5.41) is 2.94. The van der Waals surface area contributed by atoms with E-state index in [1.54, 1.807) is 0 Å². The van der Waals surface area contributed by atoms with Crippen molar-refractivity contribution in [2.24, 2.45) is 7.05 Å². The molecule has 0 atom stereocenters. The number of nitrogens with two attached hydrogens (primary N) is 1. The van der Waals surface area contributed by atoms with E-state index >= 15 is 0 Å². The first-order valence-corrected chi connectivity index (χ1v) is 3.58. The topological polar surface area (TPSA) is 53.1 Å². The van der Waals surface area contributed by atoms with Crippen molar-refractivity contribution in [2.45, 2.75) is 12.8 Å². The largest absolute Gasteiger partial charge is 0.437 e. The maximum Gasteiger partial charge on any atom is 0.437 e. The van der Waals surface area contributed by atoms with Gasteiger partial charge in [0.1, 0.15) is 5.69 Å². The first-order chi connectivity index (χ1) is 6.73. The predicted molar refractivity (Wildman–Crippen MR) is 39.3 cm³/mol. The van der Waals surface area contributed by atoms with Crippen LogP contribution in [0.2, 0.25) is 0 Å². The van der Waals surface area contributed by atoms with Gasteiger partial charge in [-0.1, -0.05) is 0 Å². The molecule has 9 heteroatoms. The van der Waals surface area contributed by atoms with Crippen molar-refractivity contribution in [1.82, 2.24) is 9.78 Å². The molecule has 2 N–H and O–H groups in total. The van der Waals surface area contributed by atoms with E-state index in [1.165, 1.54) is 0 Å². The summed E-state index contributed by atoms with van der Waals surface area (Å²) >= 11 is 0. The maximum absolute atomic E-state index is 12.2. The molecule has 0 fully saturated rings. The lowest BCUT2D eigenvalue weighted by atomic mass is 10.3. The Morgan fingerprint density at radius 3 is 2.27 bits per heavy atom. The van der Waals surface area contributed by atoms with Crippen LogP contribution in [0, 0.1) is 0 Å². The van der Waals surface area contributed by atoms with E-state index in [0.29, 0.717) is 4.68 Å². The SMILES string of the molecule is Cn1nc(C(F)(F)F)c(N)c1OC(F)F. The Kier molecular flexibility index (Phi) is 2.73. The van der Waals surface area contributed by atoms with Gasteiger partial charge in [-0.3, -0.25) is 0 Å². The molecule has 0 aromatic carbocycles. The third-order valence-electron chi connectivity index (χ3n) is 1.50. The van der Waals surface area contributed by atoms with Crippen LogP contribution in [0.15, 0.2) is 0 Å². The molecule has 0 saturated heterocycles. The van der Waals surface area contributed by atoms with Crippen molar-refractivity contribution >= 4 is 5.69 Å². The highest BCUT2D eigenvalue weighted by Crippen LogP contribution is 2.37. The minimum Gasteiger partial charge on any atom is -0.415 e. The van der Waals surface area contributed by atoms with Crippen LogP contribution in [0.3, 0.4) is 0 Å². The zero-order chi connectivity index (χ0) is 11.8. The first-order valence-electron chi connectivity index (χ1n) is 3.58. The summed E-state index contributed by atoms with van der Waals surface area (Å²) < 4.78 is 64.4. The van der Waals surface area contributed by atoms with E-state index in [2.05, 4.69) is 9.84 Å². The summed E-state index contributed by atoms with van der Waals surface area (Å²) in [5.41, 5.74) is 2.58. The van der Waals surface area contributed by atoms with E-state index in [0.717, 1.165) is 7.05 Å². The van der Waals surface area contributed by atoms with E-state index in [9.17, 15) is 22.0 Å². The maximum atomic E-state index is 12.2. The average molecular weight is 231 g/mol. The number of ether oxygens (including phenoxy) is 1. The van der Waals surface area contributed by atoms with Crippen LogP contribution in [0.1, 0.15) is 5.69 Å². The molecular weight excluding hydrogens is 225 g/mol.